The molecule has 1 aliphatic heterocycles. The summed E-state index contributed by atoms with van der Waals surface area (Å²) in [5.74, 6) is 1.67. The molecule has 0 N–H and O–H groups in total. The van der Waals surface area contributed by atoms with Crippen LogP contribution >= 0.6 is 7.51 Å². The molecule has 2 aromatic rings. The van der Waals surface area contributed by atoms with Gasteiger partial charge < -0.3 is 9.05 Å². The highest BCUT2D eigenvalue weighted by atomic mass is 31.2. The summed E-state index contributed by atoms with van der Waals surface area (Å²) in [4.78, 5) is 0. The third kappa shape index (κ3) is 4.64. The lowest BCUT2D eigenvalue weighted by molar-refractivity contribution is 0.461. The highest BCUT2D eigenvalue weighted by Crippen LogP contribution is 2.54. The van der Waals surface area contributed by atoms with Crippen molar-refractivity contribution in [2.24, 2.45) is 4.74 Å². The van der Waals surface area contributed by atoms with Crippen molar-refractivity contribution >= 4 is 7.51 Å². The average molecular weight is 319 g/mol. The number of benzene rings is 2. The Balaban J connectivity index is 0.00000121. The number of hydrogen-bond acceptors (Lipinski definition) is 3. The molecule has 1 heterocycles. The molecule has 0 spiro atoms. The molecule has 0 bridgehead atoms. The Morgan fingerprint density at radius 1 is 0.727 bits per heavy atom. The molecule has 22 heavy (non-hydrogen) atoms. The maximum atomic E-state index is 6.17. The van der Waals surface area contributed by atoms with E-state index in [2.05, 4.69) is 0 Å². The Hall–Kier alpha value is -1.73. The smallest absolute Gasteiger partial charge is 0.314 e. The Morgan fingerprint density at radius 3 is 1.64 bits per heavy atom. The Morgan fingerprint density at radius 2 is 1.23 bits per heavy atom. The highest BCUT2D eigenvalue weighted by molar-refractivity contribution is 7.57. The molecule has 3 nitrogen and oxygen atoms in total. The zero-order valence-corrected chi connectivity index (χ0v) is 12.2. The second kappa shape index (κ2) is 8.65. The zero-order valence-electron chi connectivity index (χ0n) is 11.3. The summed E-state index contributed by atoms with van der Waals surface area (Å²) in [7, 11) is -2.21. The molecule has 1 aliphatic rings. The van der Waals surface area contributed by atoms with E-state index in [0.717, 1.165) is 37.0 Å². The van der Waals surface area contributed by atoms with Crippen molar-refractivity contribution in [2.45, 2.75) is 27.7 Å². The Labute approximate surface area is 134 Å². The van der Waals surface area contributed by atoms with E-state index < -0.39 is 7.51 Å². The van der Waals surface area contributed by atoms with Crippen LogP contribution in [-0.4, -0.2) is 12.7 Å². The molecule has 0 unspecified atom stereocenters. The molecule has 0 radical (unpaired) electrons. The molecule has 0 aliphatic carbocycles. The molecular formula is C18H26NO2P. The van der Waals surface area contributed by atoms with Crippen LogP contribution in [0.1, 0.15) is 27.7 Å². The quantitative estimate of drug-likeness (QED) is 0.624. The van der Waals surface area contributed by atoms with Crippen molar-refractivity contribution in [3.05, 3.63) is 60.7 Å². The van der Waals surface area contributed by atoms with Gasteiger partial charge in [0.25, 0.3) is 0 Å². The lowest BCUT2D eigenvalue weighted by Crippen LogP contribution is -2.10. The van der Waals surface area contributed by atoms with Gasteiger partial charge in [0.15, 0.2) is 0 Å². The number of rotatable bonds is 4. The summed E-state index contributed by atoms with van der Waals surface area (Å²) >= 11 is 0. The second-order valence-corrected chi connectivity index (χ2v) is 7.11. The molecule has 0 atom stereocenters. The molecule has 0 saturated carbocycles. The molecular weight excluding hydrogens is 293 g/mol. The van der Waals surface area contributed by atoms with E-state index in [1.165, 1.54) is 0 Å². The maximum Gasteiger partial charge on any atom is 0.314 e. The minimum atomic E-state index is -2.21. The van der Waals surface area contributed by atoms with Crippen molar-refractivity contribution < 1.29 is 9.05 Å². The van der Waals surface area contributed by atoms with Crippen LogP contribution in [0, 0.1) is 0 Å². The number of hydrogen-bond donors (Lipinski definition) is 0. The first-order valence-corrected chi connectivity index (χ1v) is 8.69. The molecule has 0 amide bonds. The van der Waals surface area contributed by atoms with Crippen LogP contribution in [0.5, 0.6) is 11.5 Å². The van der Waals surface area contributed by atoms with Gasteiger partial charge in [-0.25, -0.2) is 4.74 Å². The van der Waals surface area contributed by atoms with E-state index >= 15 is 0 Å². The first-order chi connectivity index (χ1) is 9.86. The van der Waals surface area contributed by atoms with Gasteiger partial charge in [-0.3, -0.25) is 0 Å². The molecule has 4 heteroatoms. The van der Waals surface area contributed by atoms with E-state index in [1.54, 1.807) is 0 Å². The van der Waals surface area contributed by atoms with Crippen molar-refractivity contribution in [3.8, 4) is 11.5 Å². The van der Waals surface area contributed by atoms with Crippen LogP contribution in [-0.2, 0) is 0 Å². The Bertz CT molecular complexity index is 553. The van der Waals surface area contributed by atoms with Crippen LogP contribution in [0.2, 0.25) is 0 Å². The van der Waals surface area contributed by atoms with Crippen molar-refractivity contribution in [1.82, 2.24) is 0 Å². The summed E-state index contributed by atoms with van der Waals surface area (Å²) in [6.07, 6.45) is 3.12. The van der Waals surface area contributed by atoms with Gasteiger partial charge in [0, 0.05) is 6.54 Å². The molecule has 2 aromatic carbocycles. The fourth-order valence-electron chi connectivity index (χ4n) is 2.18. The Kier molecular flexibility index (Phi) is 7.20. The van der Waals surface area contributed by atoms with E-state index in [4.69, 9.17) is 13.8 Å². The molecule has 0 saturated heterocycles. The fraction of sp³-hybridized carbons (Fsp3) is 0.333. The first-order valence-electron chi connectivity index (χ1n) is 6.93. The van der Waals surface area contributed by atoms with Crippen LogP contribution < -0.4 is 9.05 Å². The minimum Gasteiger partial charge on any atom is -0.430 e. The van der Waals surface area contributed by atoms with Crippen molar-refractivity contribution in [2.75, 3.05) is 12.7 Å². The van der Waals surface area contributed by atoms with Crippen molar-refractivity contribution in [3.63, 3.8) is 0 Å². The van der Waals surface area contributed by atoms with Crippen LogP contribution in [0.15, 0.2) is 65.4 Å². The maximum absolute atomic E-state index is 6.17. The summed E-state index contributed by atoms with van der Waals surface area (Å²) in [5, 5.41) is 0. The normalized spacial score (nSPS) is 15.5. The van der Waals surface area contributed by atoms with Crippen molar-refractivity contribution in [1.29, 1.82) is 0 Å². The summed E-state index contributed by atoms with van der Waals surface area (Å²) in [5.41, 5.74) is 0. The van der Waals surface area contributed by atoms with Gasteiger partial charge in [0.2, 0.25) is 0 Å². The van der Waals surface area contributed by atoms with Gasteiger partial charge in [-0.2, -0.15) is 0 Å². The summed E-state index contributed by atoms with van der Waals surface area (Å²) in [6.45, 7) is 0.827. The van der Waals surface area contributed by atoms with Gasteiger partial charge in [0.1, 0.15) is 11.5 Å². The monoisotopic (exact) mass is 319 g/mol. The highest BCUT2D eigenvalue weighted by Gasteiger charge is 2.27. The largest absolute Gasteiger partial charge is 0.430 e. The summed E-state index contributed by atoms with van der Waals surface area (Å²) < 4.78 is 17.1. The van der Waals surface area contributed by atoms with E-state index in [0.29, 0.717) is 0 Å². The van der Waals surface area contributed by atoms with E-state index in [1.807, 2.05) is 60.7 Å². The molecule has 3 rings (SSSR count). The summed E-state index contributed by atoms with van der Waals surface area (Å²) in [6, 6.07) is 19.7. The van der Waals surface area contributed by atoms with Gasteiger partial charge in [0.05, 0.1) is 6.16 Å². The number of nitrogens with zero attached hydrogens (tertiary/aromatic N) is 1. The van der Waals surface area contributed by atoms with Crippen LogP contribution in [0.25, 0.3) is 0 Å². The molecule has 120 valence electrons. The SMILES string of the molecule is C.C.c1ccc(OP2(Oc3ccccc3)=NCCCC2)cc1. The topological polar surface area (TPSA) is 30.8 Å². The third-order valence-corrected chi connectivity index (χ3v) is 5.65. The predicted octanol–water partition coefficient (Wildman–Crippen LogP) is 6.24. The number of para-hydroxylation sites is 2. The minimum absolute atomic E-state index is 0. The zero-order chi connectivity index (χ0) is 13.7. The lowest BCUT2D eigenvalue weighted by atomic mass is 10.3. The molecule has 0 fully saturated rings. The standard InChI is InChI=1S/C16H18NO2P.2CH4/c1-3-9-15(10-4-1)18-20(14-8-7-13-17-20)19-16-11-5-2-6-12-16;;/h1-6,9-12H,7-8,13-14H2;2*1H4. The van der Waals surface area contributed by atoms with E-state index in [-0.39, 0.29) is 14.9 Å². The van der Waals surface area contributed by atoms with E-state index in [9.17, 15) is 0 Å². The van der Waals surface area contributed by atoms with Gasteiger partial charge in [-0.15, -0.1) is 0 Å². The van der Waals surface area contributed by atoms with Gasteiger partial charge in [-0.1, -0.05) is 51.3 Å². The van der Waals surface area contributed by atoms with Gasteiger partial charge in [-0.05, 0) is 37.1 Å². The predicted molar refractivity (Wildman–Crippen MR) is 95.9 cm³/mol. The average Bonchev–Trinajstić information content (AvgIpc) is 2.50. The first kappa shape index (κ1) is 18.3. The van der Waals surface area contributed by atoms with Gasteiger partial charge >= 0.3 is 7.51 Å². The fourth-order valence-corrected chi connectivity index (χ4v) is 4.63. The van der Waals surface area contributed by atoms with Crippen LogP contribution in [0.3, 0.4) is 0 Å². The third-order valence-electron chi connectivity index (χ3n) is 3.15. The molecule has 0 aromatic heterocycles. The second-order valence-electron chi connectivity index (χ2n) is 4.74. The lowest BCUT2D eigenvalue weighted by Gasteiger charge is -2.28. The van der Waals surface area contributed by atoms with Crippen LogP contribution in [0.4, 0.5) is 0 Å².